The number of thiazole rings is 1. The second-order valence-corrected chi connectivity index (χ2v) is 3.85. The first-order valence-electron chi connectivity index (χ1n) is 4.27. The third-order valence-corrected chi connectivity index (χ3v) is 2.66. The van der Waals surface area contributed by atoms with Crippen molar-refractivity contribution in [3.63, 3.8) is 0 Å². The predicted octanol–water partition coefficient (Wildman–Crippen LogP) is 3.46. The molecule has 1 aromatic carbocycles. The maximum atomic E-state index is 3.94. The molecule has 74 valence electrons. The molecule has 0 atom stereocenters. The van der Waals surface area contributed by atoms with Crippen LogP contribution in [-0.2, 0) is 6.42 Å². The summed E-state index contributed by atoms with van der Waals surface area (Å²) in [6.07, 6.45) is 1.22. The summed E-state index contributed by atoms with van der Waals surface area (Å²) in [6.45, 7) is 1.98. The van der Waals surface area contributed by atoms with Gasteiger partial charge in [0, 0.05) is 11.1 Å². The number of benzene rings is 1. The van der Waals surface area contributed by atoms with Gasteiger partial charge in [0.15, 0.2) is 0 Å². The van der Waals surface area contributed by atoms with Gasteiger partial charge in [0.1, 0.15) is 0 Å². The second kappa shape index (κ2) is 5.13. The summed E-state index contributed by atoms with van der Waals surface area (Å²) in [5.41, 5.74) is 5.91. The molecular formula is C11H12ClNS. The molecule has 2 aliphatic rings. The van der Waals surface area contributed by atoms with Crippen LogP contribution in [0, 0.1) is 6.92 Å². The van der Waals surface area contributed by atoms with E-state index in [2.05, 4.69) is 29.2 Å². The smallest absolute Gasteiger partial charge is 0.0794 e. The van der Waals surface area contributed by atoms with E-state index in [1.54, 1.807) is 11.3 Å². The first kappa shape index (κ1) is 11.2. The van der Waals surface area contributed by atoms with Crippen LogP contribution in [0.5, 0.6) is 0 Å². The number of halogens is 1. The average molecular weight is 226 g/mol. The number of aromatic nitrogens is 1. The monoisotopic (exact) mass is 225 g/mol. The van der Waals surface area contributed by atoms with Gasteiger partial charge < -0.3 is 0 Å². The van der Waals surface area contributed by atoms with Crippen molar-refractivity contribution >= 4 is 23.7 Å². The van der Waals surface area contributed by atoms with Gasteiger partial charge >= 0.3 is 0 Å². The van der Waals surface area contributed by atoms with E-state index in [-0.39, 0.29) is 12.4 Å². The zero-order chi connectivity index (χ0) is 9.10. The van der Waals surface area contributed by atoms with E-state index >= 15 is 0 Å². The van der Waals surface area contributed by atoms with Crippen molar-refractivity contribution in [3.8, 4) is 0 Å². The summed E-state index contributed by atoms with van der Waals surface area (Å²) < 4.78 is 0. The lowest BCUT2D eigenvalue weighted by Crippen LogP contribution is -1.97. The number of hydrogen-bond acceptors (Lipinski definition) is 2. The number of aryl methyl sites for hydroxylation is 1. The third kappa shape index (κ3) is 2.82. The van der Waals surface area contributed by atoms with E-state index in [1.807, 2.05) is 17.8 Å². The lowest BCUT2D eigenvalue weighted by molar-refractivity contribution is 1.09. The SMILES string of the molecule is Cc1cscn1.Cl.c1cc2cc(c1)C2. The average Bonchev–Trinajstić information content (AvgIpc) is 2.57. The summed E-state index contributed by atoms with van der Waals surface area (Å²) in [6, 6.07) is 8.65. The Labute approximate surface area is 94.2 Å². The topological polar surface area (TPSA) is 12.9 Å². The number of hydrogen-bond donors (Lipinski definition) is 0. The molecular weight excluding hydrogens is 214 g/mol. The molecule has 0 fully saturated rings. The first-order chi connectivity index (χ1) is 6.34. The summed E-state index contributed by atoms with van der Waals surface area (Å²) in [4.78, 5) is 3.94. The summed E-state index contributed by atoms with van der Waals surface area (Å²) in [5.74, 6) is 0. The van der Waals surface area contributed by atoms with E-state index in [9.17, 15) is 0 Å². The van der Waals surface area contributed by atoms with Gasteiger partial charge in [-0.1, -0.05) is 24.3 Å². The molecule has 0 aliphatic heterocycles. The van der Waals surface area contributed by atoms with Crippen molar-refractivity contribution in [3.05, 3.63) is 52.0 Å². The highest BCUT2D eigenvalue weighted by molar-refractivity contribution is 7.07. The van der Waals surface area contributed by atoms with Crippen LogP contribution < -0.4 is 0 Å². The molecule has 2 bridgehead atoms. The quantitative estimate of drug-likeness (QED) is 0.571. The van der Waals surface area contributed by atoms with Crippen LogP contribution in [-0.4, -0.2) is 4.98 Å². The Bertz CT molecular complexity index is 359. The summed E-state index contributed by atoms with van der Waals surface area (Å²) in [5, 5.41) is 2.01. The van der Waals surface area contributed by atoms with Gasteiger partial charge in [0.25, 0.3) is 0 Å². The van der Waals surface area contributed by atoms with E-state index in [0.717, 1.165) is 5.69 Å². The lowest BCUT2D eigenvalue weighted by Gasteiger charge is -2.11. The van der Waals surface area contributed by atoms with Gasteiger partial charge in [-0.05, 0) is 24.5 Å². The Morgan fingerprint density at radius 1 is 1.29 bits per heavy atom. The molecule has 0 amide bonds. The third-order valence-electron chi connectivity index (χ3n) is 1.96. The maximum Gasteiger partial charge on any atom is 0.0794 e. The fourth-order valence-corrected chi connectivity index (χ4v) is 1.77. The number of fused-ring (bicyclic) bond motifs is 2. The van der Waals surface area contributed by atoms with Gasteiger partial charge in [-0.2, -0.15) is 0 Å². The zero-order valence-electron chi connectivity index (χ0n) is 7.93. The molecule has 0 radical (unpaired) electrons. The lowest BCUT2D eigenvalue weighted by atomic mass is 9.94. The minimum atomic E-state index is 0. The van der Waals surface area contributed by atoms with Gasteiger partial charge in [-0.25, -0.2) is 0 Å². The molecule has 3 heteroatoms. The molecule has 1 nitrogen and oxygen atoms in total. The number of rotatable bonds is 0. The minimum Gasteiger partial charge on any atom is -0.250 e. The Balaban J connectivity index is 0.000000132. The molecule has 0 N–H and O–H groups in total. The van der Waals surface area contributed by atoms with Crippen LogP contribution in [0.3, 0.4) is 0 Å². The predicted molar refractivity (Wildman–Crippen MR) is 63.3 cm³/mol. The molecule has 1 heterocycles. The van der Waals surface area contributed by atoms with Gasteiger partial charge in [0.05, 0.1) is 5.51 Å². The van der Waals surface area contributed by atoms with Gasteiger partial charge in [0.2, 0.25) is 0 Å². The summed E-state index contributed by atoms with van der Waals surface area (Å²) in [7, 11) is 0. The van der Waals surface area contributed by atoms with E-state index in [1.165, 1.54) is 17.5 Å². The molecule has 0 spiro atoms. The van der Waals surface area contributed by atoms with Crippen LogP contribution >= 0.6 is 23.7 Å². The van der Waals surface area contributed by atoms with Crippen molar-refractivity contribution in [1.82, 2.24) is 4.98 Å². The zero-order valence-corrected chi connectivity index (χ0v) is 9.57. The van der Waals surface area contributed by atoms with Crippen molar-refractivity contribution < 1.29 is 0 Å². The van der Waals surface area contributed by atoms with Crippen LogP contribution in [0.1, 0.15) is 16.8 Å². The molecule has 0 unspecified atom stereocenters. The van der Waals surface area contributed by atoms with Crippen LogP contribution in [0.2, 0.25) is 0 Å². The number of nitrogens with zero attached hydrogens (tertiary/aromatic N) is 1. The van der Waals surface area contributed by atoms with Crippen molar-refractivity contribution in [2.75, 3.05) is 0 Å². The molecule has 14 heavy (non-hydrogen) atoms. The Morgan fingerprint density at radius 2 is 1.93 bits per heavy atom. The van der Waals surface area contributed by atoms with E-state index in [4.69, 9.17) is 0 Å². The van der Waals surface area contributed by atoms with Crippen LogP contribution in [0.4, 0.5) is 0 Å². The summed E-state index contributed by atoms with van der Waals surface area (Å²) >= 11 is 1.63. The molecule has 0 saturated carbocycles. The standard InChI is InChI=1S/C7H6.C4H5NS.ClH/c1-2-6-4-7(3-1)5-6;1-4-2-6-3-5-4;/h1-4H,5H2;2-3H,1H3;1H. The fourth-order valence-electron chi connectivity index (χ4n) is 1.23. The Hall–Kier alpha value is -0.860. The highest BCUT2D eigenvalue weighted by Crippen LogP contribution is 2.18. The fraction of sp³-hybridized carbons (Fsp3) is 0.182. The van der Waals surface area contributed by atoms with E-state index in [0.29, 0.717) is 0 Å². The van der Waals surface area contributed by atoms with Gasteiger partial charge in [-0.15, -0.1) is 23.7 Å². The van der Waals surface area contributed by atoms with Crippen molar-refractivity contribution in [2.45, 2.75) is 13.3 Å². The van der Waals surface area contributed by atoms with Crippen LogP contribution in [0.25, 0.3) is 0 Å². The first-order valence-corrected chi connectivity index (χ1v) is 5.21. The second-order valence-electron chi connectivity index (χ2n) is 3.13. The highest BCUT2D eigenvalue weighted by Gasteiger charge is 2.04. The minimum absolute atomic E-state index is 0. The normalized spacial score (nSPS) is 10.4. The molecule has 4 rings (SSSR count). The molecule has 0 saturated heterocycles. The molecule has 2 aliphatic carbocycles. The van der Waals surface area contributed by atoms with Crippen molar-refractivity contribution in [1.29, 1.82) is 0 Å². The molecule has 2 aromatic rings. The largest absolute Gasteiger partial charge is 0.250 e. The van der Waals surface area contributed by atoms with E-state index < -0.39 is 0 Å². The Morgan fingerprint density at radius 3 is 2.07 bits per heavy atom. The molecule has 1 aromatic heterocycles. The van der Waals surface area contributed by atoms with Crippen molar-refractivity contribution in [2.24, 2.45) is 0 Å². The highest BCUT2D eigenvalue weighted by atomic mass is 35.5. The van der Waals surface area contributed by atoms with Gasteiger partial charge in [-0.3, -0.25) is 4.98 Å². The maximum absolute atomic E-state index is 3.94. The Kier molecular flexibility index (Phi) is 4.11. The van der Waals surface area contributed by atoms with Crippen LogP contribution in [0.15, 0.2) is 35.2 Å².